The van der Waals surface area contributed by atoms with Crippen LogP contribution in [-0.4, -0.2) is 71.3 Å². The van der Waals surface area contributed by atoms with Crippen molar-refractivity contribution in [2.75, 3.05) is 51.1 Å². The Morgan fingerprint density at radius 1 is 1.31 bits per heavy atom. The van der Waals surface area contributed by atoms with Crippen molar-refractivity contribution >= 4 is 21.5 Å². The molecule has 10 heteroatoms. The van der Waals surface area contributed by atoms with Crippen molar-refractivity contribution in [3.05, 3.63) is 29.8 Å². The first kappa shape index (κ1) is 21.8. The van der Waals surface area contributed by atoms with Gasteiger partial charge in [-0.2, -0.15) is 0 Å². The number of hydrogen-bond donors (Lipinski definition) is 2. The first-order chi connectivity index (χ1) is 13.8. The third-order valence-electron chi connectivity index (χ3n) is 5.78. The third kappa shape index (κ3) is 4.80. The summed E-state index contributed by atoms with van der Waals surface area (Å²) in [6.07, 6.45) is 2.80. The van der Waals surface area contributed by atoms with Crippen molar-refractivity contribution < 1.29 is 21.9 Å². The predicted octanol–water partition coefficient (Wildman–Crippen LogP) is 1.30. The van der Waals surface area contributed by atoms with Gasteiger partial charge in [0.1, 0.15) is 17.3 Å². The van der Waals surface area contributed by atoms with E-state index in [0.717, 1.165) is 0 Å². The largest absolute Gasteiger partial charge is 0.381 e. The van der Waals surface area contributed by atoms with Crippen molar-refractivity contribution in [3.63, 3.8) is 0 Å². The number of anilines is 1. The summed E-state index contributed by atoms with van der Waals surface area (Å²) in [6.45, 7) is 1.98. The molecule has 1 aromatic carbocycles. The minimum absolute atomic E-state index is 0.0158. The van der Waals surface area contributed by atoms with Crippen molar-refractivity contribution in [1.82, 2.24) is 10.6 Å². The summed E-state index contributed by atoms with van der Waals surface area (Å²) in [7, 11) is -1.68. The molecule has 0 bridgehead atoms. The number of nitrogens with zero attached hydrogens (tertiary/aromatic N) is 2. The molecule has 7 nitrogen and oxygen atoms in total. The van der Waals surface area contributed by atoms with E-state index >= 15 is 0 Å². The third-order valence-corrected chi connectivity index (χ3v) is 7.90. The van der Waals surface area contributed by atoms with E-state index in [1.165, 1.54) is 24.5 Å². The summed E-state index contributed by atoms with van der Waals surface area (Å²) in [5.74, 6) is -0.689. The van der Waals surface area contributed by atoms with Gasteiger partial charge in [-0.15, -0.1) is 0 Å². The molecule has 29 heavy (non-hydrogen) atoms. The molecule has 2 fully saturated rings. The molecular weight excluding hydrogens is 402 g/mol. The Kier molecular flexibility index (Phi) is 6.62. The van der Waals surface area contributed by atoms with Crippen LogP contribution in [0, 0.1) is 11.6 Å². The number of sulfone groups is 1. The van der Waals surface area contributed by atoms with Gasteiger partial charge < -0.3 is 20.3 Å². The van der Waals surface area contributed by atoms with Gasteiger partial charge in [-0.05, 0) is 31.4 Å². The molecule has 2 heterocycles. The molecule has 1 aromatic rings. The van der Waals surface area contributed by atoms with Crippen molar-refractivity contribution in [2.24, 2.45) is 4.99 Å². The van der Waals surface area contributed by atoms with Crippen LogP contribution in [0.4, 0.5) is 14.5 Å². The summed E-state index contributed by atoms with van der Waals surface area (Å²) in [5.41, 5.74) is -0.0158. The maximum Gasteiger partial charge on any atom is 0.191 e. The maximum atomic E-state index is 14.0. The van der Waals surface area contributed by atoms with Crippen molar-refractivity contribution in [3.8, 4) is 0 Å². The lowest BCUT2D eigenvalue weighted by atomic mass is 9.99. The predicted molar refractivity (Wildman–Crippen MR) is 109 cm³/mol. The highest BCUT2D eigenvalue weighted by atomic mass is 32.2. The highest BCUT2D eigenvalue weighted by Gasteiger charge is 2.42. The average Bonchev–Trinajstić information content (AvgIpc) is 3.13. The number of ether oxygens (including phenoxy) is 1. The van der Waals surface area contributed by atoms with E-state index in [9.17, 15) is 17.2 Å². The van der Waals surface area contributed by atoms with Gasteiger partial charge in [0, 0.05) is 52.2 Å². The second-order valence-electron chi connectivity index (χ2n) is 7.64. The number of halogens is 2. The molecule has 3 rings (SSSR count). The van der Waals surface area contributed by atoms with Crippen LogP contribution in [0.5, 0.6) is 0 Å². The zero-order valence-electron chi connectivity index (χ0n) is 16.7. The highest BCUT2D eigenvalue weighted by molar-refractivity contribution is 7.92. The minimum atomic E-state index is -3.29. The molecule has 0 spiro atoms. The quantitative estimate of drug-likeness (QED) is 0.541. The Balaban J connectivity index is 1.61. The fraction of sp³-hybridized carbons (Fsp3) is 0.632. The lowest BCUT2D eigenvalue weighted by Crippen LogP contribution is -2.55. The Labute approximate surface area is 170 Å². The second kappa shape index (κ2) is 8.83. The molecule has 162 valence electrons. The Morgan fingerprint density at radius 2 is 1.97 bits per heavy atom. The van der Waals surface area contributed by atoms with E-state index in [0.29, 0.717) is 51.5 Å². The number of hydrogen-bond acceptors (Lipinski definition) is 5. The summed E-state index contributed by atoms with van der Waals surface area (Å²) in [4.78, 5) is 5.86. The van der Waals surface area contributed by atoms with Crippen LogP contribution in [0.1, 0.15) is 19.3 Å². The smallest absolute Gasteiger partial charge is 0.191 e. The molecule has 0 saturated carbocycles. The van der Waals surface area contributed by atoms with Gasteiger partial charge in [0.2, 0.25) is 0 Å². The monoisotopic (exact) mass is 430 g/mol. The van der Waals surface area contributed by atoms with Gasteiger partial charge in [0.15, 0.2) is 15.8 Å². The first-order valence-electron chi connectivity index (χ1n) is 9.69. The number of guanidine groups is 1. The minimum Gasteiger partial charge on any atom is -0.381 e. The summed E-state index contributed by atoms with van der Waals surface area (Å²) in [5, 5.41) is 6.37. The molecule has 2 N–H and O–H groups in total. The lowest BCUT2D eigenvalue weighted by molar-refractivity contribution is 0.0756. The number of benzene rings is 1. The maximum absolute atomic E-state index is 14.0. The van der Waals surface area contributed by atoms with E-state index in [2.05, 4.69) is 15.6 Å². The Bertz CT molecular complexity index is 837. The molecular formula is C19H28F2N4O3S. The molecule has 2 aliphatic heterocycles. The van der Waals surface area contributed by atoms with Crippen LogP contribution < -0.4 is 15.5 Å². The lowest BCUT2D eigenvalue weighted by Gasteiger charge is -2.36. The van der Waals surface area contributed by atoms with Gasteiger partial charge >= 0.3 is 0 Å². The zero-order valence-corrected chi connectivity index (χ0v) is 17.6. The van der Waals surface area contributed by atoms with Gasteiger partial charge in [-0.1, -0.05) is 6.07 Å². The number of para-hydroxylation sites is 1. The second-order valence-corrected chi connectivity index (χ2v) is 10.0. The molecule has 0 aromatic heterocycles. The molecule has 2 saturated heterocycles. The van der Waals surface area contributed by atoms with Crippen LogP contribution in [0.15, 0.2) is 23.2 Å². The van der Waals surface area contributed by atoms with Gasteiger partial charge in [0.25, 0.3) is 0 Å². The van der Waals surface area contributed by atoms with Gasteiger partial charge in [-0.3, -0.25) is 4.99 Å². The molecule has 1 atom stereocenters. The van der Waals surface area contributed by atoms with Crippen LogP contribution >= 0.6 is 0 Å². The summed E-state index contributed by atoms with van der Waals surface area (Å²) >= 11 is 0. The SMILES string of the molecule is CN=C(NCC1(S(C)(=O)=O)CCOCC1)NC1CCN(c2c(F)cccc2F)C1. The van der Waals surface area contributed by atoms with Crippen molar-refractivity contribution in [2.45, 2.75) is 30.1 Å². The summed E-state index contributed by atoms with van der Waals surface area (Å²) in [6, 6.07) is 3.78. The van der Waals surface area contributed by atoms with Crippen molar-refractivity contribution in [1.29, 1.82) is 0 Å². The van der Waals surface area contributed by atoms with E-state index in [1.54, 1.807) is 11.9 Å². The zero-order chi connectivity index (χ0) is 21.1. The van der Waals surface area contributed by atoms with Gasteiger partial charge in [-0.25, -0.2) is 17.2 Å². The van der Waals surface area contributed by atoms with Crippen LogP contribution in [0.3, 0.4) is 0 Å². The van der Waals surface area contributed by atoms with E-state index < -0.39 is 26.2 Å². The fourth-order valence-corrected chi connectivity index (χ4v) is 5.17. The molecule has 0 aliphatic carbocycles. The number of rotatable bonds is 5. The standard InChI is InChI=1S/C19H28F2N4O3S/c1-22-18(23-13-19(29(2,26)27)7-10-28-11-8-19)24-14-6-9-25(12-14)17-15(20)4-3-5-16(17)21/h3-5,14H,6-13H2,1-2H3,(H2,22,23,24). The fourth-order valence-electron chi connectivity index (χ4n) is 3.93. The van der Waals surface area contributed by atoms with Crippen LogP contribution in [0.2, 0.25) is 0 Å². The normalized spacial score (nSPS) is 22.6. The summed E-state index contributed by atoms with van der Waals surface area (Å²) < 4.78 is 57.3. The number of nitrogens with one attached hydrogen (secondary N) is 2. The average molecular weight is 431 g/mol. The Morgan fingerprint density at radius 3 is 2.55 bits per heavy atom. The molecule has 0 amide bonds. The van der Waals surface area contributed by atoms with Gasteiger partial charge in [0.05, 0.1) is 4.75 Å². The first-order valence-corrected chi connectivity index (χ1v) is 11.6. The topological polar surface area (TPSA) is 83.0 Å². The molecule has 1 unspecified atom stereocenters. The molecule has 2 aliphatic rings. The van der Waals surface area contributed by atoms with E-state index in [4.69, 9.17) is 4.74 Å². The van der Waals surface area contributed by atoms with Crippen LogP contribution in [0.25, 0.3) is 0 Å². The molecule has 0 radical (unpaired) electrons. The Hall–Kier alpha value is -1.94. The number of aliphatic imine (C=N–C) groups is 1. The van der Waals surface area contributed by atoms with E-state index in [-0.39, 0.29) is 18.3 Å². The highest BCUT2D eigenvalue weighted by Crippen LogP contribution is 2.29. The van der Waals surface area contributed by atoms with Crippen LogP contribution in [-0.2, 0) is 14.6 Å². The van der Waals surface area contributed by atoms with E-state index in [1.807, 2.05) is 0 Å².